The fourth-order valence-corrected chi connectivity index (χ4v) is 3.31. The van der Waals surface area contributed by atoms with Gasteiger partial charge in [0.25, 0.3) is 5.56 Å². The number of para-hydroxylation sites is 1. The van der Waals surface area contributed by atoms with Crippen molar-refractivity contribution < 1.29 is 9.59 Å². The van der Waals surface area contributed by atoms with Gasteiger partial charge in [-0.1, -0.05) is 18.2 Å². The van der Waals surface area contributed by atoms with Crippen LogP contribution in [-0.4, -0.2) is 39.4 Å². The molecule has 0 aliphatic heterocycles. The second-order valence-electron chi connectivity index (χ2n) is 5.96. The van der Waals surface area contributed by atoms with Crippen LogP contribution in [0.15, 0.2) is 52.9 Å². The number of likely N-dealkylation sites (N-methyl/N-ethyl adjacent to an activating group) is 1. The predicted molar refractivity (Wildman–Crippen MR) is 104 cm³/mol. The van der Waals surface area contributed by atoms with E-state index in [1.807, 2.05) is 17.5 Å². The summed E-state index contributed by atoms with van der Waals surface area (Å²) in [7, 11) is 0. The Kier molecular flexibility index (Phi) is 5.97. The van der Waals surface area contributed by atoms with E-state index in [0.717, 1.165) is 4.88 Å². The van der Waals surface area contributed by atoms with Crippen LogP contribution in [0.1, 0.15) is 11.8 Å². The van der Waals surface area contributed by atoms with Gasteiger partial charge < -0.3 is 10.2 Å². The topological polar surface area (TPSA) is 84.3 Å². The number of nitrogens with zero attached hydrogens (tertiary/aromatic N) is 3. The van der Waals surface area contributed by atoms with Crippen LogP contribution in [0.2, 0.25) is 0 Å². The Hall–Kier alpha value is -3.00. The van der Waals surface area contributed by atoms with Crippen LogP contribution in [-0.2, 0) is 22.7 Å². The standard InChI is InChI=1S/C19H20N4O3S/c1-2-22(11-17(24)20-10-14-6-5-9-27-14)18(25)12-23-13-21-16-8-4-3-7-15(16)19(23)26/h3-9,13H,2,10-12H2,1H3,(H,20,24). The van der Waals surface area contributed by atoms with Crippen LogP contribution in [0.3, 0.4) is 0 Å². The molecule has 7 nitrogen and oxygen atoms in total. The van der Waals surface area contributed by atoms with E-state index < -0.39 is 0 Å². The summed E-state index contributed by atoms with van der Waals surface area (Å²) < 4.78 is 1.27. The minimum atomic E-state index is -0.303. The lowest BCUT2D eigenvalue weighted by Crippen LogP contribution is -2.42. The molecule has 0 aliphatic carbocycles. The van der Waals surface area contributed by atoms with Crippen LogP contribution in [0.5, 0.6) is 0 Å². The number of carbonyl (C=O) groups is 2. The molecule has 1 aromatic carbocycles. The van der Waals surface area contributed by atoms with Crippen molar-refractivity contribution in [2.75, 3.05) is 13.1 Å². The molecule has 3 aromatic rings. The van der Waals surface area contributed by atoms with E-state index in [1.165, 1.54) is 15.8 Å². The SMILES string of the molecule is CCN(CC(=O)NCc1cccs1)C(=O)Cn1cnc2ccccc2c1=O. The van der Waals surface area contributed by atoms with Crippen LogP contribution in [0.4, 0.5) is 0 Å². The number of hydrogen-bond donors (Lipinski definition) is 1. The minimum absolute atomic E-state index is 0.0452. The number of nitrogens with one attached hydrogen (secondary N) is 1. The van der Waals surface area contributed by atoms with Crippen molar-refractivity contribution in [3.8, 4) is 0 Å². The van der Waals surface area contributed by atoms with Gasteiger partial charge >= 0.3 is 0 Å². The van der Waals surface area contributed by atoms with Crippen molar-refractivity contribution in [2.24, 2.45) is 0 Å². The third-order valence-corrected chi connectivity index (χ3v) is 5.02. The van der Waals surface area contributed by atoms with Gasteiger partial charge in [0, 0.05) is 11.4 Å². The molecule has 8 heteroatoms. The molecular formula is C19H20N4O3S. The van der Waals surface area contributed by atoms with Gasteiger partial charge in [-0.15, -0.1) is 11.3 Å². The van der Waals surface area contributed by atoms with Crippen LogP contribution in [0, 0.1) is 0 Å². The summed E-state index contributed by atoms with van der Waals surface area (Å²) in [6.45, 7) is 2.42. The summed E-state index contributed by atoms with van der Waals surface area (Å²) in [6, 6.07) is 10.8. The van der Waals surface area contributed by atoms with E-state index in [1.54, 1.807) is 42.5 Å². The second-order valence-corrected chi connectivity index (χ2v) is 6.99. The van der Waals surface area contributed by atoms with Crippen molar-refractivity contribution in [1.29, 1.82) is 0 Å². The predicted octanol–water partition coefficient (Wildman–Crippen LogP) is 1.62. The quantitative estimate of drug-likeness (QED) is 0.671. The molecule has 0 aliphatic rings. The molecule has 0 fully saturated rings. The molecule has 0 spiro atoms. The fraction of sp³-hybridized carbons (Fsp3) is 0.263. The zero-order valence-corrected chi connectivity index (χ0v) is 15.7. The van der Waals surface area contributed by atoms with Crippen LogP contribution in [0.25, 0.3) is 10.9 Å². The minimum Gasteiger partial charge on any atom is -0.350 e. The van der Waals surface area contributed by atoms with Gasteiger partial charge in [-0.25, -0.2) is 4.98 Å². The Morgan fingerprint density at radius 2 is 2.04 bits per heavy atom. The fourth-order valence-electron chi connectivity index (χ4n) is 2.67. The van der Waals surface area contributed by atoms with Gasteiger partial charge in [0.2, 0.25) is 11.8 Å². The maximum atomic E-state index is 12.6. The molecule has 0 saturated carbocycles. The average molecular weight is 384 g/mol. The molecule has 2 amide bonds. The lowest BCUT2D eigenvalue weighted by molar-refractivity contribution is -0.136. The summed E-state index contributed by atoms with van der Waals surface area (Å²) >= 11 is 1.56. The summed E-state index contributed by atoms with van der Waals surface area (Å²) in [5, 5.41) is 5.21. The first kappa shape index (κ1) is 18.8. The first-order chi connectivity index (χ1) is 13.1. The third kappa shape index (κ3) is 4.59. The summed E-state index contributed by atoms with van der Waals surface area (Å²) in [4.78, 5) is 43.9. The van der Waals surface area contributed by atoms with E-state index in [9.17, 15) is 14.4 Å². The van der Waals surface area contributed by atoms with Gasteiger partial charge in [-0.3, -0.25) is 19.0 Å². The number of fused-ring (bicyclic) bond motifs is 1. The highest BCUT2D eigenvalue weighted by molar-refractivity contribution is 7.09. The van der Waals surface area contributed by atoms with Crippen molar-refractivity contribution in [2.45, 2.75) is 20.0 Å². The van der Waals surface area contributed by atoms with E-state index in [2.05, 4.69) is 10.3 Å². The largest absolute Gasteiger partial charge is 0.350 e. The number of rotatable bonds is 7. The van der Waals surface area contributed by atoms with Crippen molar-refractivity contribution >= 4 is 34.1 Å². The maximum absolute atomic E-state index is 12.6. The molecule has 3 rings (SSSR count). The highest BCUT2D eigenvalue weighted by Gasteiger charge is 2.17. The molecule has 1 N–H and O–H groups in total. The van der Waals surface area contributed by atoms with Gasteiger partial charge in [0.05, 0.1) is 30.3 Å². The van der Waals surface area contributed by atoms with Gasteiger partial charge in [0.1, 0.15) is 6.54 Å². The van der Waals surface area contributed by atoms with Crippen LogP contribution >= 0.6 is 11.3 Å². The first-order valence-corrected chi connectivity index (χ1v) is 9.47. The number of aromatic nitrogens is 2. The molecule has 2 aromatic heterocycles. The Morgan fingerprint density at radius 3 is 2.78 bits per heavy atom. The molecule has 0 atom stereocenters. The zero-order valence-electron chi connectivity index (χ0n) is 14.9. The Balaban J connectivity index is 1.64. The van der Waals surface area contributed by atoms with Crippen molar-refractivity contribution in [3.63, 3.8) is 0 Å². The summed E-state index contributed by atoms with van der Waals surface area (Å²) in [5.41, 5.74) is 0.318. The Bertz CT molecular complexity index is 998. The zero-order chi connectivity index (χ0) is 19.2. The molecule has 27 heavy (non-hydrogen) atoms. The summed E-state index contributed by atoms with van der Waals surface area (Å²) in [5.74, 6) is -0.537. The van der Waals surface area contributed by atoms with Gasteiger partial charge in [-0.2, -0.15) is 0 Å². The van der Waals surface area contributed by atoms with Gasteiger partial charge in [0.15, 0.2) is 0 Å². The van der Waals surface area contributed by atoms with Crippen molar-refractivity contribution in [3.05, 3.63) is 63.3 Å². The third-order valence-electron chi connectivity index (χ3n) is 4.15. The maximum Gasteiger partial charge on any atom is 0.261 e. The Morgan fingerprint density at radius 1 is 1.22 bits per heavy atom. The lowest BCUT2D eigenvalue weighted by atomic mass is 10.2. The highest BCUT2D eigenvalue weighted by Crippen LogP contribution is 2.07. The second kappa shape index (κ2) is 8.59. The van der Waals surface area contributed by atoms with E-state index >= 15 is 0 Å². The molecule has 140 valence electrons. The number of benzene rings is 1. The molecular weight excluding hydrogens is 364 g/mol. The van der Waals surface area contributed by atoms with Gasteiger partial charge in [-0.05, 0) is 30.5 Å². The van der Waals surface area contributed by atoms with Crippen LogP contribution < -0.4 is 10.9 Å². The number of thiophene rings is 1. The lowest BCUT2D eigenvalue weighted by Gasteiger charge is -2.20. The average Bonchev–Trinajstić information content (AvgIpc) is 3.20. The first-order valence-electron chi connectivity index (χ1n) is 8.59. The van der Waals surface area contributed by atoms with E-state index in [0.29, 0.717) is 24.0 Å². The molecule has 0 saturated heterocycles. The number of hydrogen-bond acceptors (Lipinski definition) is 5. The number of carbonyl (C=O) groups excluding carboxylic acids is 2. The molecule has 0 bridgehead atoms. The van der Waals surface area contributed by atoms with Crippen molar-refractivity contribution in [1.82, 2.24) is 19.8 Å². The molecule has 0 unspecified atom stereocenters. The molecule has 2 heterocycles. The van der Waals surface area contributed by atoms with E-state index in [4.69, 9.17) is 0 Å². The highest BCUT2D eigenvalue weighted by atomic mass is 32.1. The molecule has 0 radical (unpaired) electrons. The normalized spacial score (nSPS) is 10.7. The monoisotopic (exact) mass is 384 g/mol. The summed E-state index contributed by atoms with van der Waals surface area (Å²) in [6.07, 6.45) is 1.37. The Labute approximate surface area is 160 Å². The smallest absolute Gasteiger partial charge is 0.261 e. The number of amides is 2. The van der Waals surface area contributed by atoms with E-state index in [-0.39, 0.29) is 30.5 Å².